The first-order valence-electron chi connectivity index (χ1n) is 9.11. The van der Waals surface area contributed by atoms with Gasteiger partial charge in [0.1, 0.15) is 5.75 Å². The third-order valence-corrected chi connectivity index (χ3v) is 6.19. The Balaban J connectivity index is 1.52. The number of fused-ring (bicyclic) bond motifs is 1. The lowest BCUT2D eigenvalue weighted by atomic mass is 10.1. The molecule has 0 spiro atoms. The Labute approximate surface area is 174 Å². The summed E-state index contributed by atoms with van der Waals surface area (Å²) in [5.74, 6) is -0.307. The molecule has 30 heavy (non-hydrogen) atoms. The van der Waals surface area contributed by atoms with Crippen molar-refractivity contribution in [2.24, 2.45) is 0 Å². The fourth-order valence-corrected chi connectivity index (χ4v) is 4.34. The third-order valence-electron chi connectivity index (χ3n) is 4.80. The number of benzene rings is 3. The van der Waals surface area contributed by atoms with Crippen molar-refractivity contribution in [3.63, 3.8) is 0 Å². The number of carbonyl (C=O) groups excluding carboxylic acids is 2. The second kappa shape index (κ2) is 7.64. The molecule has 0 unspecified atom stereocenters. The summed E-state index contributed by atoms with van der Waals surface area (Å²) in [4.78, 5) is 26.2. The molecule has 0 saturated heterocycles. The number of nitrogens with zero attached hydrogens (tertiary/aromatic N) is 1. The molecule has 0 fully saturated rings. The van der Waals surface area contributed by atoms with Gasteiger partial charge in [-0.15, -0.1) is 0 Å². The molecule has 152 valence electrons. The van der Waals surface area contributed by atoms with Crippen LogP contribution in [0.25, 0.3) is 0 Å². The lowest BCUT2D eigenvalue weighted by Crippen LogP contribution is -2.29. The van der Waals surface area contributed by atoms with Gasteiger partial charge in [0, 0.05) is 0 Å². The van der Waals surface area contributed by atoms with Crippen LogP contribution >= 0.6 is 0 Å². The average Bonchev–Trinajstić information content (AvgIpc) is 2.99. The van der Waals surface area contributed by atoms with E-state index < -0.39 is 10.0 Å². The Bertz CT molecular complexity index is 1200. The zero-order valence-electron chi connectivity index (χ0n) is 16.0. The number of ether oxygens (including phenoxy) is 1. The van der Waals surface area contributed by atoms with Crippen molar-refractivity contribution in [2.45, 2.75) is 11.4 Å². The molecule has 0 aliphatic carbocycles. The van der Waals surface area contributed by atoms with Crippen LogP contribution in [0, 0.1) is 0 Å². The first-order chi connectivity index (χ1) is 14.4. The van der Waals surface area contributed by atoms with Crippen molar-refractivity contribution >= 4 is 27.5 Å². The topological polar surface area (TPSA) is 92.8 Å². The highest BCUT2D eigenvalue weighted by molar-refractivity contribution is 7.92. The van der Waals surface area contributed by atoms with Crippen LogP contribution in [0.1, 0.15) is 26.3 Å². The molecule has 7 nitrogen and oxygen atoms in total. The van der Waals surface area contributed by atoms with Crippen molar-refractivity contribution in [2.75, 3.05) is 11.8 Å². The van der Waals surface area contributed by atoms with E-state index >= 15 is 0 Å². The molecule has 1 aliphatic rings. The van der Waals surface area contributed by atoms with Gasteiger partial charge in [0.25, 0.3) is 21.8 Å². The lowest BCUT2D eigenvalue weighted by molar-refractivity contribution is 0.0642. The molecule has 4 rings (SSSR count). The fraction of sp³-hybridized carbons (Fsp3) is 0.0909. The highest BCUT2D eigenvalue weighted by Crippen LogP contribution is 2.27. The maximum absolute atomic E-state index is 12.7. The van der Waals surface area contributed by atoms with Gasteiger partial charge < -0.3 is 4.74 Å². The zero-order chi connectivity index (χ0) is 21.3. The molecule has 0 bridgehead atoms. The van der Waals surface area contributed by atoms with Crippen LogP contribution < -0.4 is 9.46 Å². The number of hydrogen-bond donors (Lipinski definition) is 1. The number of hydrogen-bond acceptors (Lipinski definition) is 5. The summed E-state index contributed by atoms with van der Waals surface area (Å²) < 4.78 is 33.1. The molecule has 0 aromatic heterocycles. The second-order valence-corrected chi connectivity index (χ2v) is 8.37. The molecule has 3 aromatic carbocycles. The predicted molar refractivity (Wildman–Crippen MR) is 111 cm³/mol. The van der Waals surface area contributed by atoms with E-state index in [1.807, 2.05) is 0 Å². The first kappa shape index (κ1) is 19.7. The molecule has 8 heteroatoms. The number of nitrogens with one attached hydrogen (secondary N) is 1. The van der Waals surface area contributed by atoms with Gasteiger partial charge in [-0.3, -0.25) is 19.2 Å². The molecule has 0 radical (unpaired) electrons. The summed E-state index contributed by atoms with van der Waals surface area (Å²) in [6, 6.07) is 19.4. The van der Waals surface area contributed by atoms with Gasteiger partial charge in [-0.25, -0.2) is 8.42 Å². The largest absolute Gasteiger partial charge is 0.495 e. The summed E-state index contributed by atoms with van der Waals surface area (Å²) in [5.41, 5.74) is 1.72. The Hall–Kier alpha value is -3.65. The van der Waals surface area contributed by atoms with E-state index in [0.717, 1.165) is 4.90 Å². The number of amides is 2. The maximum atomic E-state index is 12.7. The van der Waals surface area contributed by atoms with Crippen molar-refractivity contribution in [1.82, 2.24) is 4.90 Å². The Morgan fingerprint density at radius 3 is 2.00 bits per heavy atom. The van der Waals surface area contributed by atoms with Gasteiger partial charge >= 0.3 is 0 Å². The van der Waals surface area contributed by atoms with E-state index in [0.29, 0.717) is 28.1 Å². The molecule has 0 atom stereocenters. The van der Waals surface area contributed by atoms with Crippen LogP contribution in [-0.4, -0.2) is 32.2 Å². The van der Waals surface area contributed by atoms with Crippen LogP contribution in [0.3, 0.4) is 0 Å². The average molecular weight is 422 g/mol. The van der Waals surface area contributed by atoms with E-state index in [9.17, 15) is 18.0 Å². The molecule has 0 saturated carbocycles. The van der Waals surface area contributed by atoms with E-state index in [2.05, 4.69) is 4.72 Å². The van der Waals surface area contributed by atoms with Crippen molar-refractivity contribution in [1.29, 1.82) is 0 Å². The number of para-hydroxylation sites is 2. The predicted octanol–water partition coefficient (Wildman–Crippen LogP) is 3.29. The van der Waals surface area contributed by atoms with Gasteiger partial charge in [0.05, 0.1) is 35.4 Å². The van der Waals surface area contributed by atoms with Crippen LogP contribution in [0.2, 0.25) is 0 Å². The number of anilines is 1. The third kappa shape index (κ3) is 3.53. The van der Waals surface area contributed by atoms with E-state index in [-0.39, 0.29) is 23.3 Å². The molecule has 2 amide bonds. The second-order valence-electron chi connectivity index (χ2n) is 6.69. The quantitative estimate of drug-likeness (QED) is 0.616. The molecule has 1 N–H and O–H groups in total. The summed E-state index contributed by atoms with van der Waals surface area (Å²) in [6.45, 7) is 0.0621. The summed E-state index contributed by atoms with van der Waals surface area (Å²) >= 11 is 0. The van der Waals surface area contributed by atoms with Gasteiger partial charge in [-0.05, 0) is 42.0 Å². The van der Waals surface area contributed by atoms with Gasteiger partial charge in [-0.1, -0.05) is 36.4 Å². The maximum Gasteiger partial charge on any atom is 0.262 e. The molecule has 1 heterocycles. The number of carbonyl (C=O) groups is 2. The first-order valence-corrected chi connectivity index (χ1v) is 10.6. The molecule has 1 aliphatic heterocycles. The monoisotopic (exact) mass is 422 g/mol. The molecule has 3 aromatic rings. The van der Waals surface area contributed by atoms with E-state index in [4.69, 9.17) is 4.74 Å². The SMILES string of the molecule is COc1ccccc1NS(=O)(=O)c1ccc(CN2C(=O)c3ccccc3C2=O)cc1. The van der Waals surface area contributed by atoms with E-state index in [1.54, 1.807) is 60.7 Å². The fourth-order valence-electron chi connectivity index (χ4n) is 3.27. The van der Waals surface area contributed by atoms with Crippen molar-refractivity contribution in [3.05, 3.63) is 89.5 Å². The number of rotatable bonds is 6. The number of methoxy groups -OCH3 is 1. The highest BCUT2D eigenvalue weighted by Gasteiger charge is 2.34. The lowest BCUT2D eigenvalue weighted by Gasteiger charge is -2.15. The van der Waals surface area contributed by atoms with Crippen molar-refractivity contribution < 1.29 is 22.7 Å². The zero-order valence-corrected chi connectivity index (χ0v) is 16.8. The normalized spacial score (nSPS) is 13.3. The highest BCUT2D eigenvalue weighted by atomic mass is 32.2. The van der Waals surface area contributed by atoms with Crippen molar-refractivity contribution in [3.8, 4) is 5.75 Å². The van der Waals surface area contributed by atoms with Crippen LogP contribution in [0.4, 0.5) is 5.69 Å². The van der Waals surface area contributed by atoms with Crippen LogP contribution in [-0.2, 0) is 16.6 Å². The number of imide groups is 1. The minimum absolute atomic E-state index is 0.0551. The molecular weight excluding hydrogens is 404 g/mol. The Morgan fingerprint density at radius 2 is 1.40 bits per heavy atom. The summed E-state index contributed by atoms with van der Waals surface area (Å²) in [6.07, 6.45) is 0. The standard InChI is InChI=1S/C22H18N2O5S/c1-29-20-9-5-4-8-19(20)23-30(27,28)16-12-10-15(11-13-16)14-24-21(25)17-6-2-3-7-18(17)22(24)26/h2-13,23H,14H2,1H3. The van der Waals surface area contributed by atoms with Gasteiger partial charge in [-0.2, -0.15) is 0 Å². The minimum atomic E-state index is -3.83. The Morgan fingerprint density at radius 1 is 0.833 bits per heavy atom. The molecular formula is C22H18N2O5S. The Kier molecular flexibility index (Phi) is 5.01. The number of sulfonamides is 1. The van der Waals surface area contributed by atoms with Gasteiger partial charge in [0.15, 0.2) is 0 Å². The summed E-state index contributed by atoms with van der Waals surface area (Å²) in [5, 5.41) is 0. The minimum Gasteiger partial charge on any atom is -0.495 e. The van der Waals surface area contributed by atoms with E-state index in [1.165, 1.54) is 19.2 Å². The summed E-state index contributed by atoms with van der Waals surface area (Å²) in [7, 11) is -2.37. The van der Waals surface area contributed by atoms with Gasteiger partial charge in [0.2, 0.25) is 0 Å². The van der Waals surface area contributed by atoms with Crippen LogP contribution in [0.15, 0.2) is 77.7 Å². The smallest absolute Gasteiger partial charge is 0.262 e. The van der Waals surface area contributed by atoms with Crippen LogP contribution in [0.5, 0.6) is 5.75 Å².